The molecule has 0 spiro atoms. The molecule has 1 amide bonds. The third-order valence-corrected chi connectivity index (χ3v) is 6.34. The van der Waals surface area contributed by atoms with Crippen LogP contribution >= 0.6 is 39.9 Å². The van der Waals surface area contributed by atoms with Crippen LogP contribution in [0, 0.1) is 5.92 Å². The minimum Gasteiger partial charge on any atom is -0.493 e. The zero-order valence-electron chi connectivity index (χ0n) is 18.2. The number of rotatable bonds is 11. The summed E-state index contributed by atoms with van der Waals surface area (Å²) in [5.74, 6) is 1.21. The summed E-state index contributed by atoms with van der Waals surface area (Å²) in [5.41, 5.74) is 0.780. The second-order valence-corrected chi connectivity index (χ2v) is 9.90. The Bertz CT molecular complexity index is 857. The number of methoxy groups -OCH3 is 1. The average molecular weight is 531 g/mol. The number of nitrogens with zero attached hydrogens (tertiary/aromatic N) is 1. The van der Waals surface area contributed by atoms with E-state index in [-0.39, 0.29) is 24.8 Å². The molecule has 6 nitrogen and oxygen atoms in total. The SMILES string of the molecule is CCCOC(=O)CCN1C(=O)/C(=C\c2cc(Br)c(OCCC(C)C)c(OC)c2)SC1=S. The number of carbonyl (C=O) groups excluding carboxylic acids is 2. The third-order valence-electron chi connectivity index (χ3n) is 4.37. The van der Waals surface area contributed by atoms with Gasteiger partial charge in [0.1, 0.15) is 4.32 Å². The van der Waals surface area contributed by atoms with Crippen molar-refractivity contribution in [1.82, 2.24) is 4.90 Å². The van der Waals surface area contributed by atoms with Crippen LogP contribution in [0.15, 0.2) is 21.5 Å². The van der Waals surface area contributed by atoms with Gasteiger partial charge in [0.15, 0.2) is 11.5 Å². The summed E-state index contributed by atoms with van der Waals surface area (Å²) in [7, 11) is 1.58. The van der Waals surface area contributed by atoms with E-state index >= 15 is 0 Å². The van der Waals surface area contributed by atoms with Gasteiger partial charge in [-0.3, -0.25) is 14.5 Å². The predicted octanol–water partition coefficient (Wildman–Crippen LogP) is 5.43. The molecule has 0 atom stereocenters. The van der Waals surface area contributed by atoms with Crippen molar-refractivity contribution in [2.45, 2.75) is 40.0 Å². The van der Waals surface area contributed by atoms with Gasteiger partial charge in [0.05, 0.1) is 36.1 Å². The molecule has 0 aliphatic carbocycles. The summed E-state index contributed by atoms with van der Waals surface area (Å²) < 4.78 is 17.6. The van der Waals surface area contributed by atoms with Gasteiger partial charge in [-0.15, -0.1) is 0 Å². The highest BCUT2D eigenvalue weighted by molar-refractivity contribution is 9.10. The first kappa shape index (κ1) is 25.7. The predicted molar refractivity (Wildman–Crippen MR) is 131 cm³/mol. The Balaban J connectivity index is 2.12. The van der Waals surface area contributed by atoms with Crippen LogP contribution < -0.4 is 9.47 Å². The highest BCUT2D eigenvalue weighted by atomic mass is 79.9. The lowest BCUT2D eigenvalue weighted by Gasteiger charge is -2.15. The molecule has 1 aliphatic heterocycles. The summed E-state index contributed by atoms with van der Waals surface area (Å²) in [5, 5.41) is 0. The molecule has 0 unspecified atom stereocenters. The van der Waals surface area contributed by atoms with Crippen LogP contribution in [-0.4, -0.2) is 48.0 Å². The molecule has 0 bridgehead atoms. The minimum atomic E-state index is -0.332. The molecule has 2 rings (SSSR count). The summed E-state index contributed by atoms with van der Waals surface area (Å²) in [6.07, 6.45) is 3.57. The summed E-state index contributed by atoms with van der Waals surface area (Å²) in [6.45, 7) is 7.39. The van der Waals surface area contributed by atoms with Crippen molar-refractivity contribution < 1.29 is 23.8 Å². The fraction of sp³-hybridized carbons (Fsp3) is 0.500. The van der Waals surface area contributed by atoms with Crippen molar-refractivity contribution in [2.24, 2.45) is 5.92 Å². The van der Waals surface area contributed by atoms with Crippen molar-refractivity contribution in [2.75, 3.05) is 26.9 Å². The Labute approximate surface area is 201 Å². The van der Waals surface area contributed by atoms with Gasteiger partial charge in [0, 0.05) is 6.54 Å². The molecule has 1 aromatic carbocycles. The monoisotopic (exact) mass is 529 g/mol. The molecular formula is C22H28BrNO5S2. The molecule has 170 valence electrons. The van der Waals surface area contributed by atoms with Crippen LogP contribution in [-0.2, 0) is 14.3 Å². The summed E-state index contributed by atoms with van der Waals surface area (Å²) in [6, 6.07) is 3.70. The molecule has 31 heavy (non-hydrogen) atoms. The van der Waals surface area contributed by atoms with E-state index in [0.29, 0.717) is 39.9 Å². The Morgan fingerprint density at radius 3 is 2.71 bits per heavy atom. The number of esters is 1. The van der Waals surface area contributed by atoms with Crippen LogP contribution in [0.4, 0.5) is 0 Å². The number of thiocarbonyl (C=S) groups is 1. The highest BCUT2D eigenvalue weighted by Gasteiger charge is 2.32. The number of carbonyl (C=O) groups is 2. The molecule has 1 fully saturated rings. The standard InChI is InChI=1S/C22H28BrNO5S2/c1-5-9-28-19(25)6-8-24-21(26)18(31-22(24)30)13-15-11-16(23)20(17(12-15)27-4)29-10-7-14(2)3/h11-14H,5-10H2,1-4H3/b18-13+. The van der Waals surface area contributed by atoms with E-state index in [1.54, 1.807) is 13.2 Å². The molecule has 1 saturated heterocycles. The maximum absolute atomic E-state index is 12.8. The van der Waals surface area contributed by atoms with Crippen molar-refractivity contribution in [3.05, 3.63) is 27.1 Å². The molecule has 0 aromatic heterocycles. The first-order chi connectivity index (χ1) is 14.8. The number of benzene rings is 1. The smallest absolute Gasteiger partial charge is 0.307 e. The molecule has 9 heteroatoms. The summed E-state index contributed by atoms with van der Waals surface area (Å²) >= 11 is 10.1. The fourth-order valence-electron chi connectivity index (χ4n) is 2.70. The fourth-order valence-corrected chi connectivity index (χ4v) is 4.58. The molecule has 1 aliphatic rings. The molecule has 1 heterocycles. The normalized spacial score (nSPS) is 15.2. The van der Waals surface area contributed by atoms with Gasteiger partial charge in [-0.1, -0.05) is 44.8 Å². The van der Waals surface area contributed by atoms with Gasteiger partial charge in [-0.25, -0.2) is 0 Å². The average Bonchev–Trinajstić information content (AvgIpc) is 2.98. The Hall–Kier alpha value is -1.58. The van der Waals surface area contributed by atoms with E-state index in [1.807, 2.05) is 19.1 Å². The molecule has 0 saturated carbocycles. The van der Waals surface area contributed by atoms with E-state index in [9.17, 15) is 9.59 Å². The number of thioether (sulfide) groups is 1. The topological polar surface area (TPSA) is 65.1 Å². The Morgan fingerprint density at radius 1 is 1.32 bits per heavy atom. The lowest BCUT2D eigenvalue weighted by atomic mass is 10.1. The van der Waals surface area contributed by atoms with E-state index in [2.05, 4.69) is 29.8 Å². The van der Waals surface area contributed by atoms with Crippen LogP contribution in [0.2, 0.25) is 0 Å². The van der Waals surface area contributed by atoms with E-state index in [4.69, 9.17) is 26.4 Å². The Morgan fingerprint density at radius 2 is 2.06 bits per heavy atom. The highest BCUT2D eigenvalue weighted by Crippen LogP contribution is 2.39. The van der Waals surface area contributed by atoms with Gasteiger partial charge in [-0.05, 0) is 58.5 Å². The van der Waals surface area contributed by atoms with Gasteiger partial charge in [-0.2, -0.15) is 0 Å². The largest absolute Gasteiger partial charge is 0.493 e. The van der Waals surface area contributed by atoms with E-state index < -0.39 is 0 Å². The quantitative estimate of drug-likeness (QED) is 0.215. The van der Waals surface area contributed by atoms with Crippen LogP contribution in [0.25, 0.3) is 6.08 Å². The van der Waals surface area contributed by atoms with Crippen molar-refractivity contribution in [3.8, 4) is 11.5 Å². The van der Waals surface area contributed by atoms with E-state index in [0.717, 1.165) is 22.9 Å². The second-order valence-electron chi connectivity index (χ2n) is 7.37. The lowest BCUT2D eigenvalue weighted by molar-refractivity contribution is -0.143. The number of ether oxygens (including phenoxy) is 3. The number of hydrogen-bond acceptors (Lipinski definition) is 7. The maximum Gasteiger partial charge on any atom is 0.307 e. The first-order valence-corrected chi connectivity index (χ1v) is 12.2. The van der Waals surface area contributed by atoms with Gasteiger partial charge in [0.25, 0.3) is 5.91 Å². The molecule has 1 aromatic rings. The zero-order valence-corrected chi connectivity index (χ0v) is 21.5. The zero-order chi connectivity index (χ0) is 23.0. The maximum atomic E-state index is 12.8. The van der Waals surface area contributed by atoms with Crippen molar-refractivity contribution in [3.63, 3.8) is 0 Å². The summed E-state index contributed by atoms with van der Waals surface area (Å²) in [4.78, 5) is 26.5. The van der Waals surface area contributed by atoms with Gasteiger partial charge < -0.3 is 14.2 Å². The molecular weight excluding hydrogens is 502 g/mol. The van der Waals surface area contributed by atoms with Crippen LogP contribution in [0.5, 0.6) is 11.5 Å². The Kier molecular flexibility index (Phi) is 10.3. The van der Waals surface area contributed by atoms with Crippen LogP contribution in [0.1, 0.15) is 45.6 Å². The third kappa shape index (κ3) is 7.50. The molecule has 0 radical (unpaired) electrons. The van der Waals surface area contributed by atoms with Crippen LogP contribution in [0.3, 0.4) is 0 Å². The number of halogens is 1. The second kappa shape index (κ2) is 12.5. The van der Waals surface area contributed by atoms with Crippen molar-refractivity contribution >= 4 is 62.2 Å². The first-order valence-electron chi connectivity index (χ1n) is 10.2. The van der Waals surface area contributed by atoms with E-state index in [1.165, 1.54) is 16.7 Å². The lowest BCUT2D eigenvalue weighted by Crippen LogP contribution is -2.30. The van der Waals surface area contributed by atoms with Gasteiger partial charge >= 0.3 is 5.97 Å². The van der Waals surface area contributed by atoms with Crippen molar-refractivity contribution in [1.29, 1.82) is 0 Å². The molecule has 0 N–H and O–H groups in total. The number of amides is 1. The number of hydrogen-bond donors (Lipinski definition) is 0. The minimum absolute atomic E-state index is 0.113. The van der Waals surface area contributed by atoms with Gasteiger partial charge in [0.2, 0.25) is 0 Å².